The van der Waals surface area contributed by atoms with E-state index in [9.17, 15) is 9.59 Å². The average Bonchev–Trinajstić information content (AvgIpc) is 3.09. The molecule has 1 aromatic heterocycles. The monoisotopic (exact) mass is 259 g/mol. The molecule has 0 amide bonds. The molecule has 0 unspecified atom stereocenters. The summed E-state index contributed by atoms with van der Waals surface area (Å²) in [5, 5.41) is 0. The Bertz CT molecular complexity index is 665. The minimum Gasteiger partial charge on any atom is -0.246 e. The van der Waals surface area contributed by atoms with Crippen LogP contribution in [0.2, 0.25) is 0 Å². The van der Waals surface area contributed by atoms with Gasteiger partial charge in [0.1, 0.15) is 0 Å². The Morgan fingerprint density at radius 3 is 1.84 bits per heavy atom. The molecule has 5 aliphatic rings. The third-order valence-electron chi connectivity index (χ3n) is 6.07. The highest BCUT2D eigenvalue weighted by Gasteiger charge is 2.59. The summed E-state index contributed by atoms with van der Waals surface area (Å²) >= 11 is 0. The van der Waals surface area contributed by atoms with Crippen LogP contribution in [0, 0.1) is 23.7 Å². The van der Waals surface area contributed by atoms with Gasteiger partial charge in [-0.15, -0.1) is 0 Å². The maximum absolute atomic E-state index is 12.2. The van der Waals surface area contributed by atoms with Crippen LogP contribution in [0.5, 0.6) is 0 Å². The largest absolute Gasteiger partial charge is 0.347 e. The lowest BCUT2D eigenvalue weighted by atomic mass is 9.62. The number of fused-ring (bicyclic) bond motifs is 6. The summed E-state index contributed by atoms with van der Waals surface area (Å²) in [4.78, 5) is 24.5. The summed E-state index contributed by atoms with van der Waals surface area (Å²) < 4.78 is 4.80. The fraction of sp³-hybridized carbons (Fsp3) is 0.714. The number of nitrogens with zero attached hydrogens (tertiary/aromatic N) is 3. The van der Waals surface area contributed by atoms with Crippen LogP contribution in [0.4, 0.5) is 0 Å². The van der Waals surface area contributed by atoms with E-state index in [2.05, 4.69) is 12.2 Å². The second-order valence-electron chi connectivity index (χ2n) is 6.63. The first-order valence-electron chi connectivity index (χ1n) is 7.27. The van der Waals surface area contributed by atoms with E-state index in [1.807, 2.05) is 0 Å². The van der Waals surface area contributed by atoms with Gasteiger partial charge in [0.25, 0.3) is 0 Å². The highest BCUT2D eigenvalue weighted by Crippen LogP contribution is 2.62. The van der Waals surface area contributed by atoms with E-state index in [1.165, 1.54) is 17.4 Å². The van der Waals surface area contributed by atoms with Gasteiger partial charge in [-0.25, -0.2) is 23.5 Å². The molecule has 4 aliphatic carbocycles. The summed E-state index contributed by atoms with van der Waals surface area (Å²) in [5.74, 6) is 2.43. The molecule has 1 aromatic rings. The standard InChI is InChI=1S/C14H17N3O2/c1-15-13(18)16-9-6-10(17(16)14(15)19)12-8-3-2-7(4-5-8)11(9)12/h2-3,7-12H,4-6H2,1H3/t7-,8-,9-,10+,11+,12+/m0/s1. The van der Waals surface area contributed by atoms with E-state index in [1.54, 1.807) is 16.4 Å². The van der Waals surface area contributed by atoms with Gasteiger partial charge in [0.2, 0.25) is 0 Å². The first-order chi connectivity index (χ1) is 9.18. The minimum absolute atomic E-state index is 0.124. The van der Waals surface area contributed by atoms with Gasteiger partial charge in [0.15, 0.2) is 0 Å². The quantitative estimate of drug-likeness (QED) is 0.643. The summed E-state index contributed by atoms with van der Waals surface area (Å²) in [7, 11) is 1.60. The van der Waals surface area contributed by atoms with Crippen LogP contribution in [-0.2, 0) is 7.05 Å². The van der Waals surface area contributed by atoms with Gasteiger partial charge in [-0.05, 0) is 42.9 Å². The maximum atomic E-state index is 12.2. The molecule has 5 nitrogen and oxygen atoms in total. The molecule has 4 bridgehead atoms. The number of rotatable bonds is 0. The zero-order chi connectivity index (χ0) is 12.9. The van der Waals surface area contributed by atoms with Crippen LogP contribution in [0.1, 0.15) is 31.3 Å². The van der Waals surface area contributed by atoms with E-state index >= 15 is 0 Å². The molecule has 0 aromatic carbocycles. The van der Waals surface area contributed by atoms with Crippen LogP contribution in [0.3, 0.4) is 0 Å². The van der Waals surface area contributed by atoms with Gasteiger partial charge < -0.3 is 0 Å². The Morgan fingerprint density at radius 2 is 1.42 bits per heavy atom. The van der Waals surface area contributed by atoms with Crippen molar-refractivity contribution < 1.29 is 0 Å². The summed E-state index contributed by atoms with van der Waals surface area (Å²) in [5.41, 5.74) is -0.247. The molecule has 19 heavy (non-hydrogen) atoms. The Morgan fingerprint density at radius 1 is 0.947 bits per heavy atom. The van der Waals surface area contributed by atoms with Crippen molar-refractivity contribution >= 4 is 0 Å². The highest BCUT2D eigenvalue weighted by molar-refractivity contribution is 5.18. The number of allylic oxidation sites excluding steroid dienone is 2. The Kier molecular flexibility index (Phi) is 1.61. The normalized spacial score (nSPS) is 44.7. The van der Waals surface area contributed by atoms with E-state index in [-0.39, 0.29) is 23.5 Å². The molecular weight excluding hydrogens is 242 g/mol. The van der Waals surface area contributed by atoms with Gasteiger partial charge in [0, 0.05) is 7.05 Å². The first-order valence-corrected chi connectivity index (χ1v) is 7.27. The van der Waals surface area contributed by atoms with Crippen LogP contribution in [-0.4, -0.2) is 13.9 Å². The first kappa shape index (κ1) is 10.3. The molecule has 6 atom stereocenters. The minimum atomic E-state index is -0.124. The molecule has 2 fully saturated rings. The van der Waals surface area contributed by atoms with Crippen molar-refractivity contribution in [2.24, 2.45) is 30.7 Å². The fourth-order valence-corrected chi connectivity index (χ4v) is 5.42. The fourth-order valence-electron chi connectivity index (χ4n) is 5.42. The molecule has 5 heteroatoms. The summed E-state index contributed by atoms with van der Waals surface area (Å²) in [6, 6.07) is 0.517. The SMILES string of the molecule is Cn1c(=O)n2n(c1=O)[C@H]1C[C@@H]2[C@@H]2[C@@H]1[C@H]1C=C[C@H]2CC1. The molecule has 6 rings (SSSR count). The molecule has 100 valence electrons. The summed E-state index contributed by atoms with van der Waals surface area (Å²) in [6.45, 7) is 0. The third-order valence-corrected chi connectivity index (χ3v) is 6.07. The van der Waals surface area contributed by atoms with Crippen molar-refractivity contribution in [1.82, 2.24) is 13.9 Å². The molecule has 2 heterocycles. The van der Waals surface area contributed by atoms with Crippen LogP contribution >= 0.6 is 0 Å². The summed E-state index contributed by atoms with van der Waals surface area (Å²) in [6.07, 6.45) is 8.25. The lowest BCUT2D eigenvalue weighted by Crippen LogP contribution is -2.46. The molecule has 1 aliphatic heterocycles. The van der Waals surface area contributed by atoms with Crippen LogP contribution in [0.25, 0.3) is 0 Å². The second-order valence-corrected chi connectivity index (χ2v) is 6.63. The van der Waals surface area contributed by atoms with Gasteiger partial charge >= 0.3 is 11.4 Å². The predicted octanol–water partition coefficient (Wildman–Crippen LogP) is 0.676. The Labute approximate surface area is 110 Å². The zero-order valence-corrected chi connectivity index (χ0v) is 10.9. The molecule has 2 saturated carbocycles. The second kappa shape index (κ2) is 2.97. The number of aromatic nitrogens is 3. The zero-order valence-electron chi connectivity index (χ0n) is 10.9. The predicted molar refractivity (Wildman–Crippen MR) is 69.0 cm³/mol. The highest BCUT2D eigenvalue weighted by atomic mass is 16.2. The lowest BCUT2D eigenvalue weighted by Gasteiger charge is -2.47. The molecule has 0 saturated heterocycles. The third kappa shape index (κ3) is 0.945. The van der Waals surface area contributed by atoms with Crippen molar-refractivity contribution in [3.05, 3.63) is 33.1 Å². The lowest BCUT2D eigenvalue weighted by molar-refractivity contribution is 0.0584. The molecular formula is C14H17N3O2. The van der Waals surface area contributed by atoms with Crippen molar-refractivity contribution in [2.45, 2.75) is 31.3 Å². The smallest absolute Gasteiger partial charge is 0.246 e. The van der Waals surface area contributed by atoms with Gasteiger partial charge in [0.05, 0.1) is 12.1 Å². The molecule has 0 spiro atoms. The molecule has 0 N–H and O–H groups in total. The van der Waals surface area contributed by atoms with Gasteiger partial charge in [-0.2, -0.15) is 0 Å². The van der Waals surface area contributed by atoms with E-state index in [0.717, 1.165) is 6.42 Å². The van der Waals surface area contributed by atoms with Crippen molar-refractivity contribution in [3.63, 3.8) is 0 Å². The topological polar surface area (TPSA) is 48.9 Å². The number of hydrogen-bond acceptors (Lipinski definition) is 2. The van der Waals surface area contributed by atoms with Gasteiger partial charge in [-0.3, -0.25) is 0 Å². The Hall–Kier alpha value is -1.52. The average molecular weight is 259 g/mol. The Balaban J connectivity index is 1.78. The number of hydrogen-bond donors (Lipinski definition) is 0. The van der Waals surface area contributed by atoms with E-state index < -0.39 is 0 Å². The van der Waals surface area contributed by atoms with Crippen LogP contribution < -0.4 is 11.4 Å². The van der Waals surface area contributed by atoms with Gasteiger partial charge in [-0.1, -0.05) is 12.2 Å². The maximum Gasteiger partial charge on any atom is 0.347 e. The van der Waals surface area contributed by atoms with E-state index in [4.69, 9.17) is 0 Å². The van der Waals surface area contributed by atoms with Crippen LogP contribution in [0.15, 0.2) is 21.7 Å². The van der Waals surface area contributed by atoms with Crippen molar-refractivity contribution in [2.75, 3.05) is 0 Å². The molecule has 0 radical (unpaired) electrons. The van der Waals surface area contributed by atoms with Crippen molar-refractivity contribution in [3.8, 4) is 0 Å². The van der Waals surface area contributed by atoms with E-state index in [0.29, 0.717) is 23.7 Å². The van der Waals surface area contributed by atoms with Crippen molar-refractivity contribution in [1.29, 1.82) is 0 Å².